The predicted molar refractivity (Wildman–Crippen MR) is 128 cm³/mol. The summed E-state index contributed by atoms with van der Waals surface area (Å²) >= 11 is 0. The molecule has 0 aromatic heterocycles. The minimum atomic E-state index is -2.41. The van der Waals surface area contributed by atoms with Gasteiger partial charge in [-0.2, -0.15) is 0 Å². The van der Waals surface area contributed by atoms with Gasteiger partial charge >= 0.3 is 7.68 Å². The van der Waals surface area contributed by atoms with Crippen LogP contribution in [0.2, 0.25) is 0 Å². The Morgan fingerprint density at radius 1 is 0.655 bits per heavy atom. The Morgan fingerprint density at radius 2 is 1.07 bits per heavy atom. The van der Waals surface area contributed by atoms with Crippen molar-refractivity contribution in [2.75, 3.05) is 21.1 Å². The molecule has 1 unspecified atom stereocenters. The van der Waals surface area contributed by atoms with Gasteiger partial charge in [0.2, 0.25) is 5.28 Å². The van der Waals surface area contributed by atoms with Gasteiger partial charge in [0.25, 0.3) is 0 Å². The Balaban J connectivity index is 3.57. The zero-order chi connectivity index (χ0) is 22.0. The van der Waals surface area contributed by atoms with Gasteiger partial charge in [-0.3, -0.25) is 0 Å². The van der Waals surface area contributed by atoms with Crippen molar-refractivity contribution in [3.63, 3.8) is 0 Å². The summed E-state index contributed by atoms with van der Waals surface area (Å²) in [6.45, 7) is 4.21. The molecule has 0 saturated carbocycles. The fourth-order valence-electron chi connectivity index (χ4n) is 4.35. The number of rotatable bonds is 20. The molecule has 0 heterocycles. The normalized spacial score (nSPS) is 14.4. The lowest BCUT2D eigenvalue weighted by molar-refractivity contribution is -0.908. The highest BCUT2D eigenvalue weighted by molar-refractivity contribution is 7.32. The topological polar surface area (TPSA) is 34.1 Å². The molecule has 0 rings (SSSR count). The van der Waals surface area contributed by atoms with Gasteiger partial charge in [0.1, 0.15) is 0 Å². The van der Waals surface area contributed by atoms with E-state index in [0.717, 1.165) is 12.8 Å². The van der Waals surface area contributed by atoms with Crippen LogP contribution in [0.3, 0.4) is 0 Å². The highest BCUT2D eigenvalue weighted by Crippen LogP contribution is 2.43. The van der Waals surface area contributed by atoms with E-state index in [1.54, 1.807) is 0 Å². The maximum atomic E-state index is 11.9. The molecule has 29 heavy (non-hydrogen) atoms. The molecule has 0 bridgehead atoms. The molecule has 3 nitrogen and oxygen atoms in total. The molecule has 0 N–H and O–H groups in total. The Hall–Kier alpha value is -0.400. The largest absolute Gasteiger partial charge is 0.378 e. The molecule has 0 saturated heterocycles. The van der Waals surface area contributed by atoms with Crippen LogP contribution >= 0.6 is 7.68 Å². The van der Waals surface area contributed by atoms with Crippen LogP contribution in [0.1, 0.15) is 123 Å². The monoisotopic (exact) mass is 428 g/mol. The molecule has 1 atom stereocenters. The van der Waals surface area contributed by atoms with Crippen molar-refractivity contribution in [2.24, 2.45) is 0 Å². The fourth-order valence-corrected chi connectivity index (χ4v) is 5.44. The maximum absolute atomic E-state index is 11.9. The molecular formula is C25H51NO2P+. The van der Waals surface area contributed by atoms with Gasteiger partial charge in [0.15, 0.2) is 0 Å². The average Bonchev–Trinajstić information content (AvgIpc) is 2.66. The predicted octanol–water partition coefficient (Wildman–Crippen LogP) is 8.79. The smallest absolute Gasteiger partial charge is 0.314 e. The van der Waals surface area contributed by atoms with Gasteiger partial charge in [-0.25, -0.2) is 9.13 Å². The number of quaternary nitrogens is 1. The van der Waals surface area contributed by atoms with Crippen LogP contribution < -0.4 is 0 Å². The SMILES string of the molecule is CCC=CCCCCCCCCCCCCCCCC(CC)(P(=O)=O)[N+](C)(C)C. The Morgan fingerprint density at radius 3 is 1.41 bits per heavy atom. The molecule has 172 valence electrons. The third-order valence-corrected chi connectivity index (χ3v) is 8.32. The van der Waals surface area contributed by atoms with E-state index in [9.17, 15) is 9.13 Å². The lowest BCUT2D eigenvalue weighted by Crippen LogP contribution is -2.53. The van der Waals surface area contributed by atoms with Gasteiger partial charge in [-0.15, -0.1) is 0 Å². The van der Waals surface area contributed by atoms with E-state index in [1.807, 2.05) is 28.1 Å². The Labute approximate surface area is 183 Å². The third kappa shape index (κ3) is 12.8. The van der Waals surface area contributed by atoms with E-state index < -0.39 is 13.0 Å². The summed E-state index contributed by atoms with van der Waals surface area (Å²) in [5.74, 6) is 0. The average molecular weight is 429 g/mol. The molecule has 0 aliphatic carbocycles. The van der Waals surface area contributed by atoms with E-state index in [4.69, 9.17) is 0 Å². The van der Waals surface area contributed by atoms with E-state index >= 15 is 0 Å². The zero-order valence-electron chi connectivity index (χ0n) is 20.4. The quantitative estimate of drug-likeness (QED) is 0.0840. The lowest BCUT2D eigenvalue weighted by Gasteiger charge is -2.40. The zero-order valence-corrected chi connectivity index (χ0v) is 21.3. The summed E-state index contributed by atoms with van der Waals surface area (Å²) in [5.41, 5.74) is 0. The van der Waals surface area contributed by atoms with Crippen LogP contribution in [0.25, 0.3) is 0 Å². The number of hydrogen-bond acceptors (Lipinski definition) is 2. The van der Waals surface area contributed by atoms with E-state index in [2.05, 4.69) is 19.1 Å². The van der Waals surface area contributed by atoms with Crippen molar-refractivity contribution in [3.05, 3.63) is 12.2 Å². The van der Waals surface area contributed by atoms with Crippen molar-refractivity contribution in [1.82, 2.24) is 0 Å². The first-order valence-corrected chi connectivity index (χ1v) is 13.6. The molecule has 0 radical (unpaired) electrons. The first kappa shape index (κ1) is 28.6. The van der Waals surface area contributed by atoms with Crippen molar-refractivity contribution >= 4 is 7.68 Å². The van der Waals surface area contributed by atoms with E-state index in [0.29, 0.717) is 10.9 Å². The van der Waals surface area contributed by atoms with Crippen LogP contribution in [0, 0.1) is 0 Å². The summed E-state index contributed by atoms with van der Waals surface area (Å²) in [7, 11) is 3.63. The molecule has 0 spiro atoms. The van der Waals surface area contributed by atoms with Crippen molar-refractivity contribution in [2.45, 2.75) is 128 Å². The number of hydrogen-bond donors (Lipinski definition) is 0. The van der Waals surface area contributed by atoms with Crippen LogP contribution in [0.4, 0.5) is 0 Å². The second kappa shape index (κ2) is 17.3. The van der Waals surface area contributed by atoms with Crippen LogP contribution in [0.15, 0.2) is 12.2 Å². The highest BCUT2D eigenvalue weighted by atomic mass is 31.1. The number of allylic oxidation sites excluding steroid dienone is 2. The second-order valence-electron chi connectivity index (χ2n) is 9.62. The lowest BCUT2D eigenvalue weighted by atomic mass is 10.0. The summed E-state index contributed by atoms with van der Waals surface area (Å²) in [4.78, 5) is 0. The van der Waals surface area contributed by atoms with Crippen LogP contribution in [-0.2, 0) is 9.13 Å². The maximum Gasteiger partial charge on any atom is 0.378 e. The molecule has 0 amide bonds. The van der Waals surface area contributed by atoms with Gasteiger partial charge in [-0.05, 0) is 25.7 Å². The van der Waals surface area contributed by atoms with Gasteiger partial charge in [0, 0.05) is 12.8 Å². The van der Waals surface area contributed by atoms with Gasteiger partial charge in [0.05, 0.1) is 21.1 Å². The molecule has 0 aliphatic heterocycles. The summed E-state index contributed by atoms with van der Waals surface area (Å²) in [6, 6.07) is 0. The summed E-state index contributed by atoms with van der Waals surface area (Å²) in [5, 5.41) is -0.596. The molecule has 4 heteroatoms. The van der Waals surface area contributed by atoms with Gasteiger partial charge in [-0.1, -0.05) is 96.6 Å². The van der Waals surface area contributed by atoms with Crippen LogP contribution in [0.5, 0.6) is 0 Å². The standard InChI is InChI=1S/C25H51NO2P/c1-6-8-9-10-11-12-13-14-15-16-17-18-19-20-21-22-23-24-25(7-2,29(27)28)26(3,4)5/h8-9H,6-7,10-24H2,1-5H3/q+1. The van der Waals surface area contributed by atoms with E-state index in [1.165, 1.54) is 89.9 Å². The van der Waals surface area contributed by atoms with Crippen LogP contribution in [-0.4, -0.2) is 30.9 Å². The first-order valence-electron chi connectivity index (χ1n) is 12.4. The van der Waals surface area contributed by atoms with E-state index in [-0.39, 0.29) is 0 Å². The minimum absolute atomic E-state index is 0.512. The molecule has 0 fully saturated rings. The first-order chi connectivity index (χ1) is 13.8. The Kier molecular flexibility index (Phi) is 17.1. The number of unbranched alkanes of at least 4 members (excludes halogenated alkanes) is 13. The summed E-state index contributed by atoms with van der Waals surface area (Å²) in [6.07, 6.45) is 25.7. The second-order valence-corrected chi connectivity index (χ2v) is 11.0. The van der Waals surface area contributed by atoms with Crippen molar-refractivity contribution in [1.29, 1.82) is 0 Å². The number of nitrogens with zero attached hydrogens (tertiary/aromatic N) is 1. The Bertz CT molecular complexity index is 472. The van der Waals surface area contributed by atoms with Crippen molar-refractivity contribution < 1.29 is 13.6 Å². The van der Waals surface area contributed by atoms with Crippen molar-refractivity contribution in [3.8, 4) is 0 Å². The molecule has 0 aliphatic rings. The third-order valence-electron chi connectivity index (χ3n) is 6.51. The summed E-state index contributed by atoms with van der Waals surface area (Å²) < 4.78 is 24.4. The molecule has 0 aromatic rings. The molecular weight excluding hydrogens is 377 g/mol. The highest BCUT2D eigenvalue weighted by Gasteiger charge is 2.46. The fraction of sp³-hybridized carbons (Fsp3) is 0.920. The van der Waals surface area contributed by atoms with Gasteiger partial charge < -0.3 is 4.48 Å². The minimum Gasteiger partial charge on any atom is -0.314 e. The molecule has 0 aromatic carbocycles.